The summed E-state index contributed by atoms with van der Waals surface area (Å²) in [5, 5.41) is 4.63. The van der Waals surface area contributed by atoms with Gasteiger partial charge in [-0.3, -0.25) is 14.6 Å². The first-order valence-corrected chi connectivity index (χ1v) is 13.5. The molecule has 1 aliphatic carbocycles. The van der Waals surface area contributed by atoms with Crippen LogP contribution in [0.4, 0.5) is 5.69 Å². The first-order valence-electron chi connectivity index (χ1n) is 13.5. The van der Waals surface area contributed by atoms with Crippen LogP contribution in [0.1, 0.15) is 61.6 Å². The maximum atomic E-state index is 14.0. The molecular weight excluding hydrogens is 488 g/mol. The minimum absolute atomic E-state index is 0.115. The van der Waals surface area contributed by atoms with Gasteiger partial charge < -0.3 is 14.8 Å². The lowest BCUT2D eigenvalue weighted by atomic mass is 9.71. The highest BCUT2D eigenvalue weighted by molar-refractivity contribution is 6.04. The number of anilines is 1. The van der Waals surface area contributed by atoms with E-state index in [0.717, 1.165) is 45.4 Å². The van der Waals surface area contributed by atoms with Gasteiger partial charge in [0.15, 0.2) is 17.3 Å². The SMILES string of the molecule is CCOc1cc(C2C3=C(CC(c4ccccc4)CC3=O)Nc3ccc4ncccc4c32)ccc1OC(=O)CC. The van der Waals surface area contributed by atoms with Gasteiger partial charge in [0.05, 0.1) is 12.1 Å². The normalized spacial score (nSPS) is 18.3. The third-order valence-electron chi connectivity index (χ3n) is 7.58. The van der Waals surface area contributed by atoms with Crippen LogP contribution in [0.3, 0.4) is 0 Å². The summed E-state index contributed by atoms with van der Waals surface area (Å²) < 4.78 is 11.5. The molecule has 0 fully saturated rings. The second kappa shape index (κ2) is 10.4. The highest BCUT2D eigenvalue weighted by atomic mass is 16.6. The fourth-order valence-electron chi connectivity index (χ4n) is 5.83. The lowest BCUT2D eigenvalue weighted by Crippen LogP contribution is -2.30. The van der Waals surface area contributed by atoms with Crippen LogP contribution in [0.2, 0.25) is 0 Å². The van der Waals surface area contributed by atoms with Crippen LogP contribution in [0.25, 0.3) is 10.9 Å². The minimum atomic E-state index is -0.326. The van der Waals surface area contributed by atoms with Gasteiger partial charge in [-0.05, 0) is 66.3 Å². The van der Waals surface area contributed by atoms with Gasteiger partial charge in [0.25, 0.3) is 0 Å². The Kier molecular flexibility index (Phi) is 6.61. The van der Waals surface area contributed by atoms with E-state index in [2.05, 4.69) is 34.6 Å². The molecule has 2 unspecified atom stereocenters. The van der Waals surface area contributed by atoms with Gasteiger partial charge in [-0.2, -0.15) is 0 Å². The van der Waals surface area contributed by atoms with Gasteiger partial charge in [-0.25, -0.2) is 0 Å². The molecule has 6 rings (SSSR count). The van der Waals surface area contributed by atoms with Crippen molar-refractivity contribution in [3.8, 4) is 11.5 Å². The standard InChI is InChI=1S/C33H30N2O4/c1-3-30(37)39-28-15-12-21(19-29(28)38-4-2)31-32-23-11-8-16-34-24(23)13-14-25(32)35-26-17-22(18-27(36)33(26)31)20-9-6-5-7-10-20/h5-16,19,22,31,35H,3-4,17-18H2,1-2H3. The van der Waals surface area contributed by atoms with Crippen molar-refractivity contribution >= 4 is 28.3 Å². The number of nitrogens with zero attached hydrogens (tertiary/aromatic N) is 1. The number of fused-ring (bicyclic) bond motifs is 3. The Morgan fingerprint density at radius 1 is 0.949 bits per heavy atom. The molecule has 1 N–H and O–H groups in total. The molecule has 4 aromatic rings. The Hall–Kier alpha value is -4.45. The zero-order chi connectivity index (χ0) is 26.9. The van der Waals surface area contributed by atoms with Crippen molar-refractivity contribution in [3.05, 3.63) is 107 Å². The fraction of sp³-hybridized carbons (Fsp3) is 0.242. The van der Waals surface area contributed by atoms with E-state index in [0.29, 0.717) is 24.5 Å². The molecule has 0 radical (unpaired) electrons. The van der Waals surface area contributed by atoms with Crippen LogP contribution in [0.15, 0.2) is 90.3 Å². The molecule has 6 heteroatoms. The zero-order valence-electron chi connectivity index (χ0n) is 22.1. The number of hydrogen-bond acceptors (Lipinski definition) is 6. The molecule has 0 amide bonds. The monoisotopic (exact) mass is 518 g/mol. The largest absolute Gasteiger partial charge is 0.490 e. The average molecular weight is 519 g/mol. The smallest absolute Gasteiger partial charge is 0.311 e. The first-order chi connectivity index (χ1) is 19.1. The van der Waals surface area contributed by atoms with Crippen molar-refractivity contribution in [2.75, 3.05) is 11.9 Å². The van der Waals surface area contributed by atoms with Crippen molar-refractivity contribution in [2.24, 2.45) is 0 Å². The average Bonchev–Trinajstić information content (AvgIpc) is 2.97. The molecule has 3 aromatic carbocycles. The molecule has 1 aliphatic heterocycles. The number of Topliss-reactive ketones (excluding diaryl/α,β-unsaturated/α-hetero) is 1. The van der Waals surface area contributed by atoms with Crippen LogP contribution >= 0.6 is 0 Å². The number of allylic oxidation sites excluding steroid dienone is 2. The maximum Gasteiger partial charge on any atom is 0.311 e. The van der Waals surface area contributed by atoms with E-state index in [-0.39, 0.29) is 30.0 Å². The summed E-state index contributed by atoms with van der Waals surface area (Å²) in [6.45, 7) is 4.07. The second-order valence-corrected chi connectivity index (χ2v) is 9.95. The highest BCUT2D eigenvalue weighted by Gasteiger charge is 2.39. The summed E-state index contributed by atoms with van der Waals surface area (Å²) in [4.78, 5) is 30.6. The zero-order valence-corrected chi connectivity index (χ0v) is 22.1. The summed E-state index contributed by atoms with van der Waals surface area (Å²) >= 11 is 0. The van der Waals surface area contributed by atoms with Crippen LogP contribution in [-0.2, 0) is 9.59 Å². The topological polar surface area (TPSA) is 77.5 Å². The van der Waals surface area contributed by atoms with Crippen molar-refractivity contribution in [1.29, 1.82) is 0 Å². The van der Waals surface area contributed by atoms with Crippen LogP contribution in [-0.4, -0.2) is 23.3 Å². The maximum absolute atomic E-state index is 14.0. The van der Waals surface area contributed by atoms with E-state index in [1.807, 2.05) is 49.4 Å². The van der Waals surface area contributed by atoms with Crippen LogP contribution < -0.4 is 14.8 Å². The molecule has 6 nitrogen and oxygen atoms in total. The van der Waals surface area contributed by atoms with E-state index in [1.54, 1.807) is 19.2 Å². The summed E-state index contributed by atoms with van der Waals surface area (Å²) in [6.07, 6.45) is 3.24. The molecule has 2 atom stereocenters. The third-order valence-corrected chi connectivity index (χ3v) is 7.58. The summed E-state index contributed by atoms with van der Waals surface area (Å²) in [7, 11) is 0. The third kappa shape index (κ3) is 4.56. The number of carbonyl (C=O) groups is 2. The minimum Gasteiger partial charge on any atom is -0.490 e. The van der Waals surface area contributed by atoms with Gasteiger partial charge in [-0.1, -0.05) is 49.4 Å². The summed E-state index contributed by atoms with van der Waals surface area (Å²) in [5.41, 5.74) is 6.69. The molecule has 39 heavy (non-hydrogen) atoms. The number of ketones is 1. The van der Waals surface area contributed by atoms with Crippen molar-refractivity contribution in [2.45, 2.75) is 44.9 Å². The lowest BCUT2D eigenvalue weighted by Gasteiger charge is -2.37. The molecule has 1 aromatic heterocycles. The van der Waals surface area contributed by atoms with Gasteiger partial charge >= 0.3 is 5.97 Å². The van der Waals surface area contributed by atoms with E-state index in [1.165, 1.54) is 5.56 Å². The number of hydrogen-bond donors (Lipinski definition) is 1. The van der Waals surface area contributed by atoms with Gasteiger partial charge in [0.2, 0.25) is 0 Å². The van der Waals surface area contributed by atoms with E-state index in [4.69, 9.17) is 9.47 Å². The number of nitrogens with one attached hydrogen (secondary N) is 1. The number of esters is 1. The Labute approximate surface area is 227 Å². The summed E-state index contributed by atoms with van der Waals surface area (Å²) in [5.74, 6) is 0.478. The second-order valence-electron chi connectivity index (χ2n) is 9.95. The molecule has 2 heterocycles. The van der Waals surface area contributed by atoms with Crippen LogP contribution in [0, 0.1) is 0 Å². The number of rotatable bonds is 6. The quantitative estimate of drug-likeness (QED) is 0.221. The number of carbonyl (C=O) groups excluding carboxylic acids is 2. The van der Waals surface area contributed by atoms with E-state index < -0.39 is 0 Å². The Bertz CT molecular complexity index is 1610. The summed E-state index contributed by atoms with van der Waals surface area (Å²) in [6, 6.07) is 23.9. The van der Waals surface area contributed by atoms with Gasteiger partial charge in [0, 0.05) is 47.3 Å². The molecular formula is C33H30N2O4. The fourth-order valence-corrected chi connectivity index (χ4v) is 5.83. The Balaban J connectivity index is 1.53. The molecule has 196 valence electrons. The van der Waals surface area contributed by atoms with E-state index in [9.17, 15) is 9.59 Å². The van der Waals surface area contributed by atoms with Crippen molar-refractivity contribution < 1.29 is 19.1 Å². The van der Waals surface area contributed by atoms with Crippen molar-refractivity contribution in [3.63, 3.8) is 0 Å². The molecule has 0 saturated heterocycles. The Morgan fingerprint density at radius 2 is 1.79 bits per heavy atom. The number of pyridine rings is 1. The molecule has 2 aliphatic rings. The van der Waals surface area contributed by atoms with Crippen LogP contribution in [0.5, 0.6) is 11.5 Å². The Morgan fingerprint density at radius 3 is 2.59 bits per heavy atom. The predicted molar refractivity (Wildman–Crippen MR) is 151 cm³/mol. The highest BCUT2D eigenvalue weighted by Crippen LogP contribution is 2.50. The van der Waals surface area contributed by atoms with Gasteiger partial charge in [-0.15, -0.1) is 0 Å². The molecule has 0 spiro atoms. The first kappa shape index (κ1) is 24.9. The van der Waals surface area contributed by atoms with Gasteiger partial charge in [0.1, 0.15) is 0 Å². The molecule has 0 bridgehead atoms. The lowest BCUT2D eigenvalue weighted by molar-refractivity contribution is -0.134. The van der Waals surface area contributed by atoms with E-state index >= 15 is 0 Å². The molecule has 0 saturated carbocycles. The number of aromatic nitrogens is 1. The number of ether oxygens (including phenoxy) is 2. The van der Waals surface area contributed by atoms with Crippen molar-refractivity contribution in [1.82, 2.24) is 4.98 Å². The predicted octanol–water partition coefficient (Wildman–Crippen LogP) is 6.91. The number of benzene rings is 3.